The third-order valence-electron chi connectivity index (χ3n) is 3.05. The van der Waals surface area contributed by atoms with Crippen LogP contribution in [0.25, 0.3) is 0 Å². The van der Waals surface area contributed by atoms with Crippen molar-refractivity contribution in [1.29, 1.82) is 0 Å². The van der Waals surface area contributed by atoms with Gasteiger partial charge in [0, 0.05) is 18.3 Å². The first-order valence-corrected chi connectivity index (χ1v) is 5.97. The van der Waals surface area contributed by atoms with Crippen LogP contribution in [0.3, 0.4) is 0 Å². The van der Waals surface area contributed by atoms with Gasteiger partial charge < -0.3 is 14.4 Å². The number of carboxylic acid groups (broad SMARTS) is 1. The van der Waals surface area contributed by atoms with Crippen molar-refractivity contribution in [3.05, 3.63) is 18.2 Å². The topological polar surface area (TPSA) is 64.4 Å². The molecule has 2 atom stereocenters. The highest BCUT2D eigenvalue weighted by Gasteiger charge is 2.30. The second-order valence-corrected chi connectivity index (χ2v) is 4.75. The van der Waals surface area contributed by atoms with Crippen LogP contribution in [-0.2, 0) is 16.1 Å². The van der Waals surface area contributed by atoms with Crippen molar-refractivity contribution in [3.63, 3.8) is 0 Å². The molecule has 94 valence electrons. The molecule has 0 radical (unpaired) electrons. The highest BCUT2D eigenvalue weighted by atomic mass is 16.5. The second kappa shape index (κ2) is 4.87. The standard InChI is InChI=1S/C12H18N2O3/c1-8(2)11-13-5-6-14(11)7-9-3-4-10(17-9)12(15)16/h5-6,8-10H,3-4,7H2,1-2H3,(H,15,16). The van der Waals surface area contributed by atoms with Crippen LogP contribution in [0.1, 0.15) is 38.4 Å². The average Bonchev–Trinajstić information content (AvgIpc) is 2.86. The zero-order valence-corrected chi connectivity index (χ0v) is 10.2. The molecule has 1 aliphatic rings. The van der Waals surface area contributed by atoms with Crippen LogP contribution >= 0.6 is 0 Å². The maximum Gasteiger partial charge on any atom is 0.332 e. The van der Waals surface area contributed by atoms with E-state index in [1.807, 2.05) is 6.20 Å². The molecule has 17 heavy (non-hydrogen) atoms. The summed E-state index contributed by atoms with van der Waals surface area (Å²) >= 11 is 0. The number of aromatic nitrogens is 2. The first-order chi connectivity index (χ1) is 8.08. The zero-order valence-electron chi connectivity index (χ0n) is 10.2. The Hall–Kier alpha value is -1.36. The van der Waals surface area contributed by atoms with Gasteiger partial charge in [-0.05, 0) is 12.8 Å². The molecule has 5 heteroatoms. The molecule has 0 saturated carbocycles. The van der Waals surface area contributed by atoms with Gasteiger partial charge in [-0.2, -0.15) is 0 Å². The average molecular weight is 238 g/mol. The molecular formula is C12H18N2O3. The summed E-state index contributed by atoms with van der Waals surface area (Å²) in [5.74, 6) is 0.524. The van der Waals surface area contributed by atoms with Crippen molar-refractivity contribution in [1.82, 2.24) is 9.55 Å². The Morgan fingerprint density at radius 1 is 1.65 bits per heavy atom. The lowest BCUT2D eigenvalue weighted by Crippen LogP contribution is -2.23. The molecular weight excluding hydrogens is 220 g/mol. The predicted octanol–water partition coefficient (Wildman–Crippen LogP) is 1.64. The Morgan fingerprint density at radius 3 is 3.00 bits per heavy atom. The molecule has 1 N–H and O–H groups in total. The summed E-state index contributed by atoms with van der Waals surface area (Å²) in [5, 5.41) is 8.86. The molecule has 2 rings (SSSR count). The predicted molar refractivity (Wildman–Crippen MR) is 61.8 cm³/mol. The van der Waals surface area contributed by atoms with Gasteiger partial charge in [0.05, 0.1) is 12.6 Å². The van der Waals surface area contributed by atoms with E-state index in [0.717, 1.165) is 12.2 Å². The van der Waals surface area contributed by atoms with Crippen molar-refractivity contribution in [2.75, 3.05) is 0 Å². The smallest absolute Gasteiger partial charge is 0.332 e. The van der Waals surface area contributed by atoms with Crippen LogP contribution < -0.4 is 0 Å². The normalized spacial score (nSPS) is 24.4. The third kappa shape index (κ3) is 2.66. The van der Waals surface area contributed by atoms with Gasteiger partial charge in [0.15, 0.2) is 6.10 Å². The Morgan fingerprint density at radius 2 is 2.41 bits per heavy atom. The van der Waals surface area contributed by atoms with Crippen molar-refractivity contribution in [2.45, 2.75) is 51.4 Å². The number of carbonyl (C=O) groups is 1. The monoisotopic (exact) mass is 238 g/mol. The van der Waals surface area contributed by atoms with Gasteiger partial charge in [0.1, 0.15) is 5.82 Å². The van der Waals surface area contributed by atoms with Crippen LogP contribution in [0.5, 0.6) is 0 Å². The molecule has 0 aromatic carbocycles. The highest BCUT2D eigenvalue weighted by Crippen LogP contribution is 2.22. The van der Waals surface area contributed by atoms with E-state index in [4.69, 9.17) is 9.84 Å². The molecule has 0 bridgehead atoms. The van der Waals surface area contributed by atoms with E-state index >= 15 is 0 Å². The van der Waals surface area contributed by atoms with Crippen molar-refractivity contribution >= 4 is 5.97 Å². The summed E-state index contributed by atoms with van der Waals surface area (Å²) in [6.07, 6.45) is 4.46. The van der Waals surface area contributed by atoms with Gasteiger partial charge in [0.2, 0.25) is 0 Å². The molecule has 1 aromatic rings. The molecule has 1 saturated heterocycles. The van der Waals surface area contributed by atoms with Gasteiger partial charge in [-0.1, -0.05) is 13.8 Å². The van der Waals surface area contributed by atoms with Gasteiger partial charge in [0.25, 0.3) is 0 Å². The fraction of sp³-hybridized carbons (Fsp3) is 0.667. The minimum atomic E-state index is -0.859. The lowest BCUT2D eigenvalue weighted by atomic mass is 10.2. The molecule has 5 nitrogen and oxygen atoms in total. The van der Waals surface area contributed by atoms with Gasteiger partial charge in [-0.25, -0.2) is 9.78 Å². The number of carboxylic acids is 1. The Bertz CT molecular complexity index is 400. The maximum atomic E-state index is 10.8. The number of hydrogen-bond donors (Lipinski definition) is 1. The van der Waals surface area contributed by atoms with Crippen LogP contribution in [0, 0.1) is 0 Å². The molecule has 1 aromatic heterocycles. The van der Waals surface area contributed by atoms with E-state index in [-0.39, 0.29) is 6.10 Å². The van der Waals surface area contributed by atoms with E-state index in [0.29, 0.717) is 18.9 Å². The fourth-order valence-electron chi connectivity index (χ4n) is 2.22. The van der Waals surface area contributed by atoms with Crippen molar-refractivity contribution < 1.29 is 14.6 Å². The molecule has 0 aliphatic carbocycles. The number of hydrogen-bond acceptors (Lipinski definition) is 3. The first-order valence-electron chi connectivity index (χ1n) is 5.97. The first kappa shape index (κ1) is 12.1. The quantitative estimate of drug-likeness (QED) is 0.866. The van der Waals surface area contributed by atoms with Crippen molar-refractivity contribution in [3.8, 4) is 0 Å². The number of imidazole rings is 1. The van der Waals surface area contributed by atoms with Crippen LogP contribution in [0.4, 0.5) is 0 Å². The second-order valence-electron chi connectivity index (χ2n) is 4.75. The van der Waals surface area contributed by atoms with Gasteiger partial charge in [-0.3, -0.25) is 0 Å². The maximum absolute atomic E-state index is 10.8. The van der Waals surface area contributed by atoms with E-state index in [9.17, 15) is 4.79 Å². The van der Waals surface area contributed by atoms with E-state index in [1.165, 1.54) is 0 Å². The van der Waals surface area contributed by atoms with Gasteiger partial charge in [-0.15, -0.1) is 0 Å². The number of aliphatic carboxylic acids is 1. The Labute approximate surface area is 100 Å². The van der Waals surface area contributed by atoms with E-state index < -0.39 is 12.1 Å². The lowest BCUT2D eigenvalue weighted by Gasteiger charge is -2.15. The Balaban J connectivity index is 1.98. The summed E-state index contributed by atoms with van der Waals surface area (Å²) < 4.78 is 7.54. The van der Waals surface area contributed by atoms with Crippen LogP contribution in [0.15, 0.2) is 12.4 Å². The zero-order chi connectivity index (χ0) is 12.4. The number of nitrogens with zero attached hydrogens (tertiary/aromatic N) is 2. The summed E-state index contributed by atoms with van der Waals surface area (Å²) in [5.41, 5.74) is 0. The van der Waals surface area contributed by atoms with Crippen LogP contribution in [0.2, 0.25) is 0 Å². The Kier molecular flexibility index (Phi) is 3.47. The number of ether oxygens (including phenoxy) is 1. The van der Waals surface area contributed by atoms with Crippen LogP contribution in [-0.4, -0.2) is 32.8 Å². The third-order valence-corrected chi connectivity index (χ3v) is 3.05. The highest BCUT2D eigenvalue weighted by molar-refractivity contribution is 5.72. The molecule has 2 heterocycles. The summed E-state index contributed by atoms with van der Waals surface area (Å²) in [4.78, 5) is 15.1. The minimum Gasteiger partial charge on any atom is -0.479 e. The summed E-state index contributed by atoms with van der Waals surface area (Å²) in [6, 6.07) is 0. The lowest BCUT2D eigenvalue weighted by molar-refractivity contribution is -0.149. The SMILES string of the molecule is CC(C)c1nccn1CC1CCC(C(=O)O)O1. The van der Waals surface area contributed by atoms with Gasteiger partial charge >= 0.3 is 5.97 Å². The largest absolute Gasteiger partial charge is 0.479 e. The van der Waals surface area contributed by atoms with Crippen molar-refractivity contribution in [2.24, 2.45) is 0 Å². The number of rotatable bonds is 4. The molecule has 2 unspecified atom stereocenters. The summed E-state index contributed by atoms with van der Waals surface area (Å²) in [7, 11) is 0. The fourth-order valence-corrected chi connectivity index (χ4v) is 2.22. The molecule has 1 aliphatic heterocycles. The van der Waals surface area contributed by atoms with E-state index in [2.05, 4.69) is 23.4 Å². The van der Waals surface area contributed by atoms with E-state index in [1.54, 1.807) is 6.20 Å². The molecule has 1 fully saturated rings. The summed E-state index contributed by atoms with van der Waals surface area (Å²) in [6.45, 7) is 4.88. The molecule has 0 spiro atoms. The minimum absolute atomic E-state index is 0.0113. The molecule has 0 amide bonds.